The second-order valence-corrected chi connectivity index (χ2v) is 9.95. The lowest BCUT2D eigenvalue weighted by molar-refractivity contribution is -0.119. The Hall–Kier alpha value is -1.68. The van der Waals surface area contributed by atoms with Crippen molar-refractivity contribution in [2.75, 3.05) is 26.0 Å². The van der Waals surface area contributed by atoms with E-state index in [4.69, 9.17) is 0 Å². The van der Waals surface area contributed by atoms with E-state index in [2.05, 4.69) is 10.6 Å². The minimum absolute atomic E-state index is 0. The van der Waals surface area contributed by atoms with E-state index in [0.29, 0.717) is 17.5 Å². The molecule has 1 aromatic rings. The van der Waals surface area contributed by atoms with Crippen LogP contribution in [0.3, 0.4) is 0 Å². The van der Waals surface area contributed by atoms with Gasteiger partial charge in [-0.1, -0.05) is 32.1 Å². The Morgan fingerprint density at radius 2 is 1.67 bits per heavy atom. The Morgan fingerprint density at radius 3 is 2.27 bits per heavy atom. The molecule has 10 heteroatoms. The Balaban J connectivity index is 0.00000320. The number of carbonyl (C=O) groups is 2. The van der Waals surface area contributed by atoms with Gasteiger partial charge in [-0.05, 0) is 49.1 Å². The van der Waals surface area contributed by atoms with E-state index in [0.717, 1.165) is 17.3 Å². The number of rotatable bonds is 6. The molecule has 2 fully saturated rings. The van der Waals surface area contributed by atoms with Crippen LogP contribution in [-0.2, 0) is 15.0 Å². The molecule has 2 aliphatic rings. The Labute approximate surface area is 184 Å². The van der Waals surface area contributed by atoms with Crippen LogP contribution in [0, 0.1) is 11.8 Å². The highest BCUT2D eigenvalue weighted by molar-refractivity contribution is 7.87. The molecule has 1 heterocycles. The van der Waals surface area contributed by atoms with Gasteiger partial charge in [0.15, 0.2) is 0 Å². The summed E-state index contributed by atoms with van der Waals surface area (Å²) in [6.07, 6.45) is 7.24. The summed E-state index contributed by atoms with van der Waals surface area (Å²) in [5.74, 6) is 0.215. The van der Waals surface area contributed by atoms with E-state index in [9.17, 15) is 18.0 Å². The van der Waals surface area contributed by atoms with E-state index < -0.39 is 16.1 Å². The van der Waals surface area contributed by atoms with Gasteiger partial charge in [0.25, 0.3) is 5.91 Å². The topological polar surface area (TPSA) is 108 Å². The van der Waals surface area contributed by atoms with Gasteiger partial charge < -0.3 is 10.6 Å². The first-order chi connectivity index (χ1) is 13.8. The molecule has 2 amide bonds. The fraction of sp³-hybridized carbons (Fsp3) is 0.600. The van der Waals surface area contributed by atoms with Gasteiger partial charge in [0, 0.05) is 25.3 Å². The molecular weight excluding hydrogens is 428 g/mol. The minimum Gasteiger partial charge on any atom is -0.325 e. The molecule has 3 rings (SSSR count). The van der Waals surface area contributed by atoms with E-state index in [-0.39, 0.29) is 29.9 Å². The van der Waals surface area contributed by atoms with Gasteiger partial charge in [-0.15, -0.1) is 12.4 Å². The quantitative estimate of drug-likeness (QED) is 0.605. The molecule has 3 N–H and O–H groups in total. The molecular formula is C20H31ClN4O4S. The van der Waals surface area contributed by atoms with Crippen LogP contribution in [0.1, 0.15) is 48.9 Å². The fourth-order valence-electron chi connectivity index (χ4n) is 4.27. The average Bonchev–Trinajstić information content (AvgIpc) is 3.19. The second-order valence-electron chi connectivity index (χ2n) is 8.07. The van der Waals surface area contributed by atoms with Crippen molar-refractivity contribution in [1.29, 1.82) is 0 Å². The number of benzene rings is 1. The predicted molar refractivity (Wildman–Crippen MR) is 119 cm³/mol. The van der Waals surface area contributed by atoms with Crippen LogP contribution >= 0.6 is 12.4 Å². The highest BCUT2D eigenvalue weighted by Crippen LogP contribution is 2.36. The Bertz CT molecular complexity index is 839. The number of hydrogen-bond acceptors (Lipinski definition) is 5. The molecule has 1 aliphatic carbocycles. The van der Waals surface area contributed by atoms with E-state index in [1.807, 2.05) is 4.72 Å². The minimum atomic E-state index is -3.85. The molecule has 168 valence electrons. The molecule has 1 aliphatic heterocycles. The number of amides is 2. The van der Waals surface area contributed by atoms with Crippen molar-refractivity contribution in [3.8, 4) is 0 Å². The number of halogens is 1. The number of carbonyl (C=O) groups excluding carboxylic acids is 2. The predicted octanol–water partition coefficient (Wildman–Crippen LogP) is 2.14. The van der Waals surface area contributed by atoms with Crippen molar-refractivity contribution in [3.05, 3.63) is 29.8 Å². The van der Waals surface area contributed by atoms with Gasteiger partial charge in [0.2, 0.25) is 5.91 Å². The van der Waals surface area contributed by atoms with Crippen LogP contribution in [0.15, 0.2) is 24.3 Å². The van der Waals surface area contributed by atoms with Gasteiger partial charge in [0.05, 0.1) is 6.04 Å². The molecule has 2 atom stereocenters. The summed E-state index contributed by atoms with van der Waals surface area (Å²) in [6.45, 7) is 0.860. The van der Waals surface area contributed by atoms with E-state index >= 15 is 0 Å². The SMILES string of the molecule is CN(C)S(=O)(=O)NC(=O)c1ccc(NC(=O)[C@H]2NCC[C@H]2C2CCCCC2)cc1.Cl. The van der Waals surface area contributed by atoms with Crippen molar-refractivity contribution in [2.24, 2.45) is 11.8 Å². The van der Waals surface area contributed by atoms with E-state index in [1.54, 1.807) is 12.1 Å². The van der Waals surface area contributed by atoms with Crippen LogP contribution in [0.2, 0.25) is 0 Å². The molecule has 0 spiro atoms. The number of nitrogens with zero attached hydrogens (tertiary/aromatic N) is 1. The first-order valence-corrected chi connectivity index (χ1v) is 11.6. The molecule has 8 nitrogen and oxygen atoms in total. The zero-order valence-electron chi connectivity index (χ0n) is 17.4. The summed E-state index contributed by atoms with van der Waals surface area (Å²) in [7, 11) is -1.17. The summed E-state index contributed by atoms with van der Waals surface area (Å²) >= 11 is 0. The Kier molecular flexibility index (Phi) is 8.66. The molecule has 1 saturated carbocycles. The second kappa shape index (κ2) is 10.6. The maximum atomic E-state index is 12.8. The normalized spacial score (nSPS) is 22.4. The highest BCUT2D eigenvalue weighted by atomic mass is 35.5. The van der Waals surface area contributed by atoms with Crippen LogP contribution in [0.25, 0.3) is 0 Å². The van der Waals surface area contributed by atoms with Gasteiger partial charge >= 0.3 is 10.2 Å². The van der Waals surface area contributed by atoms with Crippen LogP contribution < -0.4 is 15.4 Å². The van der Waals surface area contributed by atoms with Gasteiger partial charge in [-0.3, -0.25) is 9.59 Å². The maximum Gasteiger partial charge on any atom is 0.303 e. The third-order valence-corrected chi connectivity index (χ3v) is 7.33. The Morgan fingerprint density at radius 1 is 1.03 bits per heavy atom. The molecule has 0 aromatic heterocycles. The molecule has 30 heavy (non-hydrogen) atoms. The lowest BCUT2D eigenvalue weighted by atomic mass is 9.76. The van der Waals surface area contributed by atoms with Crippen molar-refractivity contribution >= 4 is 40.1 Å². The standard InChI is InChI=1S/C20H30N4O4S.ClH/c1-24(2)29(27,28)23-19(25)15-8-10-16(11-9-15)22-20(26)18-17(12-13-21-18)14-6-4-3-5-7-14;/h8-11,14,17-18,21H,3-7,12-13H2,1-2H3,(H,22,26)(H,23,25);1H/t17-,18-;/m0./s1. The molecule has 1 saturated heterocycles. The van der Waals surface area contributed by atoms with Crippen LogP contribution in [0.5, 0.6) is 0 Å². The van der Waals surface area contributed by atoms with Crippen LogP contribution in [-0.4, -0.2) is 51.2 Å². The summed E-state index contributed by atoms with van der Waals surface area (Å²) in [5, 5.41) is 6.27. The third kappa shape index (κ3) is 5.94. The smallest absolute Gasteiger partial charge is 0.303 e. The molecule has 0 unspecified atom stereocenters. The average molecular weight is 459 g/mol. The van der Waals surface area contributed by atoms with Gasteiger partial charge in [-0.25, -0.2) is 4.72 Å². The number of nitrogens with one attached hydrogen (secondary N) is 3. The van der Waals surface area contributed by atoms with Crippen LogP contribution in [0.4, 0.5) is 5.69 Å². The summed E-state index contributed by atoms with van der Waals surface area (Å²) < 4.78 is 26.4. The summed E-state index contributed by atoms with van der Waals surface area (Å²) in [5.41, 5.74) is 0.783. The fourth-order valence-corrected chi connectivity index (χ4v) is 4.81. The van der Waals surface area contributed by atoms with Gasteiger partial charge in [-0.2, -0.15) is 12.7 Å². The van der Waals surface area contributed by atoms with Crippen molar-refractivity contribution < 1.29 is 18.0 Å². The third-order valence-electron chi connectivity index (χ3n) is 5.92. The van der Waals surface area contributed by atoms with Crippen molar-refractivity contribution in [2.45, 2.75) is 44.6 Å². The largest absolute Gasteiger partial charge is 0.325 e. The zero-order valence-corrected chi connectivity index (χ0v) is 19.0. The molecule has 0 radical (unpaired) electrons. The number of anilines is 1. The first kappa shape index (κ1) is 24.6. The lowest BCUT2D eigenvalue weighted by Gasteiger charge is -2.30. The van der Waals surface area contributed by atoms with Gasteiger partial charge in [0.1, 0.15) is 0 Å². The van der Waals surface area contributed by atoms with Crippen molar-refractivity contribution in [1.82, 2.24) is 14.3 Å². The summed E-state index contributed by atoms with van der Waals surface area (Å²) in [4.78, 5) is 24.9. The van der Waals surface area contributed by atoms with Crippen molar-refractivity contribution in [3.63, 3.8) is 0 Å². The zero-order chi connectivity index (χ0) is 21.0. The monoisotopic (exact) mass is 458 g/mol. The first-order valence-electron chi connectivity index (χ1n) is 10.2. The summed E-state index contributed by atoms with van der Waals surface area (Å²) in [6, 6.07) is 6.03. The number of hydrogen-bond donors (Lipinski definition) is 3. The maximum absolute atomic E-state index is 12.8. The highest BCUT2D eigenvalue weighted by Gasteiger charge is 2.38. The lowest BCUT2D eigenvalue weighted by Crippen LogP contribution is -2.42. The molecule has 0 bridgehead atoms. The van der Waals surface area contributed by atoms with E-state index in [1.165, 1.54) is 58.3 Å². The molecule has 1 aromatic carbocycles.